The summed E-state index contributed by atoms with van der Waals surface area (Å²) in [6.07, 6.45) is 0.00612. The van der Waals surface area contributed by atoms with Gasteiger partial charge in [0, 0.05) is 6.92 Å². The Bertz CT molecular complexity index is 386. The Labute approximate surface area is 99.4 Å². The number of amides is 1. The van der Waals surface area contributed by atoms with Gasteiger partial charge in [-0.3, -0.25) is 9.59 Å². The number of carbonyl (C=O) groups excluding carboxylic acids is 1. The maximum absolute atomic E-state index is 10.6. The van der Waals surface area contributed by atoms with Crippen LogP contribution in [0.4, 0.5) is 0 Å². The number of nitrogens with one attached hydrogen (secondary N) is 1. The Morgan fingerprint density at radius 2 is 1.94 bits per heavy atom. The maximum atomic E-state index is 10.6. The predicted molar refractivity (Wildman–Crippen MR) is 62.0 cm³/mol. The van der Waals surface area contributed by atoms with Crippen molar-refractivity contribution in [1.29, 1.82) is 0 Å². The maximum Gasteiger partial charge on any atom is 0.307 e. The summed E-state index contributed by atoms with van der Waals surface area (Å²) < 4.78 is 5.35. The van der Waals surface area contributed by atoms with Gasteiger partial charge in [0.1, 0.15) is 12.4 Å². The van der Waals surface area contributed by atoms with E-state index in [2.05, 4.69) is 5.32 Å². The number of hydrogen-bond acceptors (Lipinski definition) is 3. The number of rotatable bonds is 6. The van der Waals surface area contributed by atoms with Crippen molar-refractivity contribution in [2.24, 2.45) is 0 Å². The Hall–Kier alpha value is -2.04. The standard InChI is InChI=1S/C12H15NO4/c1-9(14)13-6-7-17-11-4-2-10(3-5-11)8-12(15)16/h2-5H,6-8H2,1H3,(H,13,14)(H,15,16). The van der Waals surface area contributed by atoms with E-state index < -0.39 is 5.97 Å². The minimum absolute atomic E-state index is 0.00612. The van der Waals surface area contributed by atoms with Crippen molar-refractivity contribution in [1.82, 2.24) is 5.32 Å². The Balaban J connectivity index is 2.35. The number of carboxylic acids is 1. The van der Waals surface area contributed by atoms with Gasteiger partial charge in [-0.1, -0.05) is 12.1 Å². The summed E-state index contributed by atoms with van der Waals surface area (Å²) in [5.74, 6) is -0.292. The first-order chi connectivity index (χ1) is 8.08. The smallest absolute Gasteiger partial charge is 0.307 e. The van der Waals surface area contributed by atoms with E-state index in [0.717, 1.165) is 5.56 Å². The Morgan fingerprint density at radius 3 is 2.47 bits per heavy atom. The number of hydrogen-bond donors (Lipinski definition) is 2. The van der Waals surface area contributed by atoms with Crippen molar-refractivity contribution in [3.8, 4) is 5.75 Å². The van der Waals surface area contributed by atoms with E-state index in [1.165, 1.54) is 6.92 Å². The Morgan fingerprint density at radius 1 is 1.29 bits per heavy atom. The predicted octanol–water partition coefficient (Wildman–Crippen LogP) is 0.829. The second kappa shape index (κ2) is 6.52. The van der Waals surface area contributed by atoms with Crippen LogP contribution in [0.15, 0.2) is 24.3 Å². The molecule has 0 atom stereocenters. The fraction of sp³-hybridized carbons (Fsp3) is 0.333. The molecule has 0 aromatic heterocycles. The van der Waals surface area contributed by atoms with Crippen molar-refractivity contribution in [3.05, 3.63) is 29.8 Å². The summed E-state index contributed by atoms with van der Waals surface area (Å²) in [5, 5.41) is 11.2. The largest absolute Gasteiger partial charge is 0.492 e. The van der Waals surface area contributed by atoms with Crippen molar-refractivity contribution >= 4 is 11.9 Å². The lowest BCUT2D eigenvalue weighted by molar-refractivity contribution is -0.136. The van der Waals surface area contributed by atoms with E-state index in [4.69, 9.17) is 9.84 Å². The second-order valence-electron chi connectivity index (χ2n) is 3.55. The van der Waals surface area contributed by atoms with E-state index in [9.17, 15) is 9.59 Å². The van der Waals surface area contributed by atoms with E-state index in [0.29, 0.717) is 18.9 Å². The van der Waals surface area contributed by atoms with Gasteiger partial charge in [0.25, 0.3) is 0 Å². The zero-order chi connectivity index (χ0) is 12.7. The third kappa shape index (κ3) is 5.55. The molecule has 1 aromatic carbocycles. The first-order valence-electron chi connectivity index (χ1n) is 5.26. The SMILES string of the molecule is CC(=O)NCCOc1ccc(CC(=O)O)cc1. The van der Waals surface area contributed by atoms with Crippen LogP contribution in [0.2, 0.25) is 0 Å². The third-order valence-electron chi connectivity index (χ3n) is 2.02. The lowest BCUT2D eigenvalue weighted by atomic mass is 10.1. The van der Waals surface area contributed by atoms with E-state index in [1.54, 1.807) is 24.3 Å². The van der Waals surface area contributed by atoms with Crippen LogP contribution in [0, 0.1) is 0 Å². The first-order valence-corrected chi connectivity index (χ1v) is 5.26. The van der Waals surface area contributed by atoms with Crippen LogP contribution in [-0.4, -0.2) is 30.1 Å². The molecule has 0 unspecified atom stereocenters. The minimum Gasteiger partial charge on any atom is -0.492 e. The fourth-order valence-corrected chi connectivity index (χ4v) is 1.27. The van der Waals surface area contributed by atoms with Crippen LogP contribution in [0.25, 0.3) is 0 Å². The molecule has 0 radical (unpaired) electrons. The number of ether oxygens (including phenoxy) is 1. The van der Waals surface area contributed by atoms with Gasteiger partial charge in [0.05, 0.1) is 13.0 Å². The highest BCUT2D eigenvalue weighted by Gasteiger charge is 2.00. The number of carboxylic acid groups (broad SMARTS) is 1. The van der Waals surface area contributed by atoms with E-state index in [1.807, 2.05) is 0 Å². The highest BCUT2D eigenvalue weighted by Crippen LogP contribution is 2.12. The molecule has 0 aliphatic rings. The summed E-state index contributed by atoms with van der Waals surface area (Å²) in [5.41, 5.74) is 0.728. The van der Waals surface area contributed by atoms with Crippen LogP contribution in [-0.2, 0) is 16.0 Å². The van der Waals surface area contributed by atoms with Crippen LogP contribution < -0.4 is 10.1 Å². The molecule has 5 heteroatoms. The topological polar surface area (TPSA) is 75.6 Å². The van der Waals surface area contributed by atoms with Gasteiger partial charge in [-0.25, -0.2) is 0 Å². The van der Waals surface area contributed by atoms with Crippen LogP contribution >= 0.6 is 0 Å². The first kappa shape index (κ1) is 13.0. The highest BCUT2D eigenvalue weighted by molar-refractivity contribution is 5.72. The molecule has 0 spiro atoms. The lowest BCUT2D eigenvalue weighted by Gasteiger charge is -2.06. The van der Waals surface area contributed by atoms with Crippen molar-refractivity contribution < 1.29 is 19.4 Å². The van der Waals surface area contributed by atoms with E-state index in [-0.39, 0.29) is 12.3 Å². The van der Waals surface area contributed by atoms with Crippen molar-refractivity contribution in [3.63, 3.8) is 0 Å². The van der Waals surface area contributed by atoms with Gasteiger partial charge in [-0.2, -0.15) is 0 Å². The molecule has 0 fully saturated rings. The molecule has 1 rings (SSSR count). The molecule has 0 saturated carbocycles. The monoisotopic (exact) mass is 237 g/mol. The van der Waals surface area contributed by atoms with Gasteiger partial charge in [0.2, 0.25) is 5.91 Å². The summed E-state index contributed by atoms with van der Waals surface area (Å²) in [7, 11) is 0. The fourth-order valence-electron chi connectivity index (χ4n) is 1.27. The molecular formula is C12H15NO4. The average Bonchev–Trinajstić information content (AvgIpc) is 2.25. The average molecular weight is 237 g/mol. The molecule has 17 heavy (non-hydrogen) atoms. The summed E-state index contributed by atoms with van der Waals surface area (Å²) >= 11 is 0. The Kier molecular flexibility index (Phi) is 5.00. The molecule has 0 aliphatic carbocycles. The van der Waals surface area contributed by atoms with Gasteiger partial charge in [-0.05, 0) is 17.7 Å². The molecule has 0 heterocycles. The molecule has 0 saturated heterocycles. The normalized spacial score (nSPS) is 9.71. The summed E-state index contributed by atoms with van der Waals surface area (Å²) in [4.78, 5) is 21.0. The van der Waals surface area contributed by atoms with Crippen molar-refractivity contribution in [2.75, 3.05) is 13.2 Å². The van der Waals surface area contributed by atoms with Gasteiger partial charge < -0.3 is 15.2 Å². The minimum atomic E-state index is -0.857. The van der Waals surface area contributed by atoms with E-state index >= 15 is 0 Å². The quantitative estimate of drug-likeness (QED) is 0.718. The highest BCUT2D eigenvalue weighted by atomic mass is 16.5. The van der Waals surface area contributed by atoms with Gasteiger partial charge in [0.15, 0.2) is 0 Å². The molecule has 0 aliphatic heterocycles. The second-order valence-corrected chi connectivity index (χ2v) is 3.55. The summed E-state index contributed by atoms with van der Waals surface area (Å²) in [6, 6.07) is 6.85. The zero-order valence-electron chi connectivity index (χ0n) is 9.60. The molecule has 5 nitrogen and oxygen atoms in total. The molecule has 1 aromatic rings. The van der Waals surface area contributed by atoms with Crippen LogP contribution in [0.5, 0.6) is 5.75 Å². The molecule has 1 amide bonds. The lowest BCUT2D eigenvalue weighted by Crippen LogP contribution is -2.25. The zero-order valence-corrected chi connectivity index (χ0v) is 9.60. The summed E-state index contributed by atoms with van der Waals surface area (Å²) in [6.45, 7) is 2.28. The molecular weight excluding hydrogens is 222 g/mol. The molecule has 0 bridgehead atoms. The van der Waals surface area contributed by atoms with Gasteiger partial charge >= 0.3 is 5.97 Å². The van der Waals surface area contributed by atoms with Crippen molar-refractivity contribution in [2.45, 2.75) is 13.3 Å². The molecule has 2 N–H and O–H groups in total. The number of aliphatic carboxylic acids is 1. The van der Waals surface area contributed by atoms with Crippen LogP contribution in [0.1, 0.15) is 12.5 Å². The number of carbonyl (C=O) groups is 2. The van der Waals surface area contributed by atoms with Gasteiger partial charge in [-0.15, -0.1) is 0 Å². The molecule has 92 valence electrons. The third-order valence-corrected chi connectivity index (χ3v) is 2.02. The van der Waals surface area contributed by atoms with Crippen LogP contribution in [0.3, 0.4) is 0 Å². The number of benzene rings is 1.